The predicted molar refractivity (Wildman–Crippen MR) is 179 cm³/mol. The molecule has 238 valence electrons. The van der Waals surface area contributed by atoms with Crippen molar-refractivity contribution in [2.24, 2.45) is 0 Å². The number of ketones is 2. The van der Waals surface area contributed by atoms with Gasteiger partial charge < -0.3 is 0 Å². The maximum Gasteiger partial charge on any atom is 0.196 e. The molecular formula is C40H52F2O2. The maximum atomic E-state index is 15.1. The molecule has 0 spiro atoms. The van der Waals surface area contributed by atoms with E-state index in [1.807, 2.05) is 24.3 Å². The van der Waals surface area contributed by atoms with E-state index in [0.717, 1.165) is 48.9 Å². The SMILES string of the molecule is CCCCCCCCCCc1ccc(C(=O)c2cc(F)c(C(=O)c3ccc(CCCCCCCCCC)cc3)cc2F)cc1. The topological polar surface area (TPSA) is 34.1 Å². The molecule has 0 radical (unpaired) electrons. The van der Waals surface area contributed by atoms with Crippen LogP contribution in [-0.4, -0.2) is 11.6 Å². The number of carbonyl (C=O) groups is 2. The van der Waals surface area contributed by atoms with Crippen LogP contribution in [0.1, 0.15) is 160 Å². The van der Waals surface area contributed by atoms with Crippen molar-refractivity contribution in [3.05, 3.63) is 106 Å². The lowest BCUT2D eigenvalue weighted by atomic mass is 9.95. The quantitative estimate of drug-likeness (QED) is 0.0847. The fraction of sp³-hybridized carbons (Fsp3) is 0.500. The minimum atomic E-state index is -0.894. The van der Waals surface area contributed by atoms with Gasteiger partial charge in [0.1, 0.15) is 11.6 Å². The number of benzene rings is 3. The Bertz CT molecular complexity index is 1180. The number of carbonyl (C=O) groups excluding carboxylic acids is 2. The van der Waals surface area contributed by atoms with Crippen LogP contribution in [0.2, 0.25) is 0 Å². The number of unbranched alkanes of at least 4 members (excludes halogenated alkanes) is 14. The van der Waals surface area contributed by atoms with E-state index in [4.69, 9.17) is 0 Å². The zero-order valence-electron chi connectivity index (χ0n) is 27.1. The second-order valence-electron chi connectivity index (χ2n) is 12.3. The highest BCUT2D eigenvalue weighted by Crippen LogP contribution is 2.22. The minimum absolute atomic E-state index is 0.300. The lowest BCUT2D eigenvalue weighted by Crippen LogP contribution is -2.10. The molecule has 0 amide bonds. The van der Waals surface area contributed by atoms with Crippen molar-refractivity contribution in [3.8, 4) is 0 Å². The van der Waals surface area contributed by atoms with E-state index in [-0.39, 0.29) is 11.1 Å². The van der Waals surface area contributed by atoms with Crippen molar-refractivity contribution in [1.82, 2.24) is 0 Å². The standard InChI is InChI=1S/C40H52F2O2/c1-3-5-7-9-11-13-15-17-19-31-21-25-33(26-22-31)39(43)35-29-38(42)36(30-37(35)41)40(44)34-27-23-32(24-28-34)20-18-16-14-12-10-8-6-4-2/h21-30H,3-20H2,1-2H3. The Morgan fingerprint density at radius 2 is 0.750 bits per heavy atom. The summed E-state index contributed by atoms with van der Waals surface area (Å²) in [6.45, 7) is 4.45. The van der Waals surface area contributed by atoms with Crippen LogP contribution in [0.4, 0.5) is 8.78 Å². The first kappa shape index (κ1) is 35.3. The summed E-state index contributed by atoms with van der Waals surface area (Å²) in [6, 6.07) is 16.0. The van der Waals surface area contributed by atoms with Crippen LogP contribution in [0.5, 0.6) is 0 Å². The van der Waals surface area contributed by atoms with Gasteiger partial charge >= 0.3 is 0 Å². The van der Waals surface area contributed by atoms with E-state index in [0.29, 0.717) is 11.1 Å². The molecule has 0 fully saturated rings. The van der Waals surface area contributed by atoms with Gasteiger partial charge in [-0.3, -0.25) is 9.59 Å². The zero-order chi connectivity index (χ0) is 31.6. The fourth-order valence-electron chi connectivity index (χ4n) is 5.78. The van der Waals surface area contributed by atoms with Crippen molar-refractivity contribution in [2.45, 2.75) is 129 Å². The zero-order valence-corrected chi connectivity index (χ0v) is 27.1. The highest BCUT2D eigenvalue weighted by atomic mass is 19.1. The average molecular weight is 603 g/mol. The summed E-state index contributed by atoms with van der Waals surface area (Å²) in [7, 11) is 0. The molecule has 3 aromatic carbocycles. The highest BCUT2D eigenvalue weighted by Gasteiger charge is 2.22. The Hall–Kier alpha value is -3.14. The van der Waals surface area contributed by atoms with Gasteiger partial charge in [-0.15, -0.1) is 0 Å². The lowest BCUT2D eigenvalue weighted by Gasteiger charge is -2.09. The molecule has 0 heterocycles. The first-order valence-corrected chi connectivity index (χ1v) is 17.2. The van der Waals surface area contributed by atoms with Crippen LogP contribution in [0.25, 0.3) is 0 Å². The van der Waals surface area contributed by atoms with Crippen molar-refractivity contribution >= 4 is 11.6 Å². The third-order valence-electron chi connectivity index (χ3n) is 8.62. The molecule has 3 aromatic rings. The van der Waals surface area contributed by atoms with Crippen LogP contribution in [0.3, 0.4) is 0 Å². The monoisotopic (exact) mass is 602 g/mol. The number of halogens is 2. The second kappa shape index (κ2) is 20.0. The molecule has 0 aliphatic carbocycles. The van der Waals surface area contributed by atoms with Crippen LogP contribution >= 0.6 is 0 Å². The highest BCUT2D eigenvalue weighted by molar-refractivity contribution is 6.12. The van der Waals surface area contributed by atoms with E-state index in [1.54, 1.807) is 24.3 Å². The van der Waals surface area contributed by atoms with Gasteiger partial charge in [0, 0.05) is 11.1 Å². The summed E-state index contributed by atoms with van der Waals surface area (Å²) in [6.07, 6.45) is 21.9. The molecule has 0 aromatic heterocycles. The van der Waals surface area contributed by atoms with Gasteiger partial charge in [-0.1, -0.05) is 152 Å². The number of hydrogen-bond acceptors (Lipinski definition) is 2. The van der Waals surface area contributed by atoms with Crippen molar-refractivity contribution in [3.63, 3.8) is 0 Å². The Morgan fingerprint density at radius 3 is 1.07 bits per heavy atom. The molecule has 0 aliphatic rings. The molecule has 0 N–H and O–H groups in total. The van der Waals surface area contributed by atoms with Gasteiger partial charge in [-0.2, -0.15) is 0 Å². The second-order valence-corrected chi connectivity index (χ2v) is 12.3. The summed E-state index contributed by atoms with van der Waals surface area (Å²) in [5, 5.41) is 0. The molecule has 0 unspecified atom stereocenters. The molecule has 0 atom stereocenters. The summed E-state index contributed by atoms with van der Waals surface area (Å²) >= 11 is 0. The Kier molecular flexibility index (Phi) is 16.1. The van der Waals surface area contributed by atoms with Gasteiger partial charge in [0.2, 0.25) is 0 Å². The fourth-order valence-corrected chi connectivity index (χ4v) is 5.78. The molecule has 3 rings (SSSR count). The molecule has 44 heavy (non-hydrogen) atoms. The average Bonchev–Trinajstić information content (AvgIpc) is 3.04. The van der Waals surface area contributed by atoms with Crippen LogP contribution in [0.15, 0.2) is 60.7 Å². The lowest BCUT2D eigenvalue weighted by molar-refractivity contribution is 0.102. The van der Waals surface area contributed by atoms with Gasteiger partial charge in [0.05, 0.1) is 11.1 Å². The summed E-state index contributed by atoms with van der Waals surface area (Å²) in [4.78, 5) is 26.0. The summed E-state index contributed by atoms with van der Waals surface area (Å²) in [5.41, 5.74) is 2.13. The van der Waals surface area contributed by atoms with Gasteiger partial charge in [0.25, 0.3) is 0 Å². The Balaban J connectivity index is 1.50. The Morgan fingerprint density at radius 1 is 0.455 bits per heavy atom. The van der Waals surface area contributed by atoms with E-state index < -0.39 is 23.2 Å². The van der Waals surface area contributed by atoms with Crippen LogP contribution < -0.4 is 0 Å². The van der Waals surface area contributed by atoms with Crippen molar-refractivity contribution < 1.29 is 18.4 Å². The van der Waals surface area contributed by atoms with E-state index in [9.17, 15) is 9.59 Å². The van der Waals surface area contributed by atoms with Crippen LogP contribution in [-0.2, 0) is 12.8 Å². The predicted octanol–water partition coefficient (Wildman–Crippen LogP) is 11.8. The molecule has 0 aliphatic heterocycles. The molecule has 0 bridgehead atoms. The molecule has 4 heteroatoms. The number of aryl methyl sites for hydroxylation is 2. The van der Waals surface area contributed by atoms with Crippen molar-refractivity contribution in [2.75, 3.05) is 0 Å². The normalized spacial score (nSPS) is 11.2. The van der Waals surface area contributed by atoms with Gasteiger partial charge in [-0.25, -0.2) is 8.78 Å². The summed E-state index contributed by atoms with van der Waals surface area (Å²) < 4.78 is 30.1. The third-order valence-corrected chi connectivity index (χ3v) is 8.62. The van der Waals surface area contributed by atoms with E-state index in [1.165, 1.54) is 89.9 Å². The largest absolute Gasteiger partial charge is 0.288 e. The smallest absolute Gasteiger partial charge is 0.196 e. The van der Waals surface area contributed by atoms with E-state index >= 15 is 8.78 Å². The van der Waals surface area contributed by atoms with Crippen molar-refractivity contribution in [1.29, 1.82) is 0 Å². The summed E-state index contributed by atoms with van der Waals surface area (Å²) in [5.74, 6) is -2.98. The van der Waals surface area contributed by atoms with Crippen LogP contribution in [0, 0.1) is 11.6 Å². The number of hydrogen-bond donors (Lipinski definition) is 0. The first-order chi connectivity index (χ1) is 21.4. The van der Waals surface area contributed by atoms with Gasteiger partial charge in [0.15, 0.2) is 11.6 Å². The molecule has 0 saturated carbocycles. The van der Waals surface area contributed by atoms with Gasteiger partial charge in [-0.05, 0) is 48.9 Å². The Labute approximate surface area is 264 Å². The molecule has 0 saturated heterocycles. The molecule has 2 nitrogen and oxygen atoms in total. The third kappa shape index (κ3) is 11.7. The molecular weight excluding hydrogens is 550 g/mol. The minimum Gasteiger partial charge on any atom is -0.288 e. The maximum absolute atomic E-state index is 15.1. The van der Waals surface area contributed by atoms with E-state index in [2.05, 4.69) is 13.8 Å². The first-order valence-electron chi connectivity index (χ1n) is 17.2. The number of rotatable bonds is 22.